The van der Waals surface area contributed by atoms with Crippen LogP contribution in [-0.2, 0) is 24.0 Å². The molecule has 0 saturated carbocycles. The van der Waals surface area contributed by atoms with Gasteiger partial charge in [0.2, 0.25) is 23.6 Å². The number of carboxylic acid groups (broad SMARTS) is 1. The molecule has 32 heavy (non-hydrogen) atoms. The molecule has 0 spiro atoms. The third kappa shape index (κ3) is 9.03. The zero-order valence-corrected chi connectivity index (χ0v) is 19.6. The fourth-order valence-electron chi connectivity index (χ4n) is 3.30. The standard InChI is InChI=1S/C20H35N5O6S/c1-4-11(2)16(25-17(27)12-6-5-8-22-12)19(29)23-13(7-9-32-3)18(28)24-14(20(30)31)10-15(21)26/h11-14,16,22H,4-10H2,1-3H3,(H2,21,26)(H,23,29)(H,24,28)(H,25,27)(H,30,31). The lowest BCUT2D eigenvalue weighted by molar-refractivity contribution is -0.143. The second-order valence-electron chi connectivity index (χ2n) is 7.93. The molecule has 0 radical (unpaired) electrons. The third-order valence-corrected chi connectivity index (χ3v) is 6.08. The van der Waals surface area contributed by atoms with E-state index in [9.17, 15) is 29.1 Å². The Balaban J connectivity index is 2.92. The molecular weight excluding hydrogens is 438 g/mol. The predicted molar refractivity (Wildman–Crippen MR) is 121 cm³/mol. The molecule has 0 aromatic heterocycles. The van der Waals surface area contributed by atoms with Gasteiger partial charge < -0.3 is 32.1 Å². The van der Waals surface area contributed by atoms with Crippen molar-refractivity contribution in [1.82, 2.24) is 21.3 Å². The third-order valence-electron chi connectivity index (χ3n) is 5.43. The normalized spacial score (nSPS) is 19.3. The van der Waals surface area contributed by atoms with E-state index in [1.54, 1.807) is 0 Å². The molecule has 0 bridgehead atoms. The molecule has 12 heteroatoms. The second kappa shape index (κ2) is 13.9. The summed E-state index contributed by atoms with van der Waals surface area (Å²) in [6.45, 7) is 4.46. The van der Waals surface area contributed by atoms with Crippen molar-refractivity contribution >= 4 is 41.4 Å². The minimum Gasteiger partial charge on any atom is -0.480 e. The molecule has 1 rings (SSSR count). The first-order valence-corrected chi connectivity index (χ1v) is 12.1. The average molecular weight is 474 g/mol. The van der Waals surface area contributed by atoms with Gasteiger partial charge >= 0.3 is 5.97 Å². The van der Waals surface area contributed by atoms with Crippen LogP contribution in [-0.4, -0.2) is 77.4 Å². The Kier molecular flexibility index (Phi) is 12.1. The van der Waals surface area contributed by atoms with Crippen LogP contribution < -0.4 is 27.0 Å². The lowest BCUT2D eigenvalue weighted by Crippen LogP contribution is -2.58. The molecule has 1 aliphatic heterocycles. The van der Waals surface area contributed by atoms with E-state index in [1.165, 1.54) is 11.8 Å². The van der Waals surface area contributed by atoms with E-state index in [4.69, 9.17) is 5.73 Å². The number of amides is 4. The lowest BCUT2D eigenvalue weighted by Gasteiger charge is -2.28. The van der Waals surface area contributed by atoms with Crippen molar-refractivity contribution in [3.05, 3.63) is 0 Å². The summed E-state index contributed by atoms with van der Waals surface area (Å²) < 4.78 is 0. The highest BCUT2D eigenvalue weighted by molar-refractivity contribution is 7.98. The van der Waals surface area contributed by atoms with Gasteiger partial charge in [-0.15, -0.1) is 0 Å². The van der Waals surface area contributed by atoms with Gasteiger partial charge in [-0.2, -0.15) is 11.8 Å². The Morgan fingerprint density at radius 2 is 1.78 bits per heavy atom. The number of nitrogens with one attached hydrogen (secondary N) is 4. The number of hydrogen-bond donors (Lipinski definition) is 6. The Bertz CT molecular complexity index is 685. The van der Waals surface area contributed by atoms with E-state index in [2.05, 4.69) is 21.3 Å². The van der Waals surface area contributed by atoms with Gasteiger partial charge in [-0.3, -0.25) is 19.2 Å². The Morgan fingerprint density at radius 1 is 1.12 bits per heavy atom. The first-order chi connectivity index (χ1) is 15.1. The Labute approximate surface area is 192 Å². The fraction of sp³-hybridized carbons (Fsp3) is 0.750. The van der Waals surface area contributed by atoms with Crippen molar-refractivity contribution < 1.29 is 29.1 Å². The van der Waals surface area contributed by atoms with E-state index in [0.717, 1.165) is 13.0 Å². The summed E-state index contributed by atoms with van der Waals surface area (Å²) in [5.41, 5.74) is 5.06. The summed E-state index contributed by atoms with van der Waals surface area (Å²) >= 11 is 1.46. The van der Waals surface area contributed by atoms with Gasteiger partial charge in [0, 0.05) is 0 Å². The maximum absolute atomic E-state index is 13.0. The first-order valence-electron chi connectivity index (χ1n) is 10.7. The van der Waals surface area contributed by atoms with Crippen LogP contribution in [0.25, 0.3) is 0 Å². The number of carbonyl (C=O) groups excluding carboxylic acids is 4. The molecule has 1 heterocycles. The van der Waals surface area contributed by atoms with E-state index >= 15 is 0 Å². The van der Waals surface area contributed by atoms with Crippen molar-refractivity contribution in [3.63, 3.8) is 0 Å². The number of carbonyl (C=O) groups is 5. The zero-order valence-electron chi connectivity index (χ0n) is 18.8. The fourth-order valence-corrected chi connectivity index (χ4v) is 3.78. The van der Waals surface area contributed by atoms with Crippen molar-refractivity contribution in [2.24, 2.45) is 11.7 Å². The van der Waals surface area contributed by atoms with Crippen LogP contribution in [0.4, 0.5) is 0 Å². The van der Waals surface area contributed by atoms with Crippen LogP contribution in [0.5, 0.6) is 0 Å². The highest BCUT2D eigenvalue weighted by atomic mass is 32.2. The van der Waals surface area contributed by atoms with E-state index in [-0.39, 0.29) is 24.3 Å². The highest BCUT2D eigenvalue weighted by Crippen LogP contribution is 2.12. The van der Waals surface area contributed by atoms with Crippen LogP contribution in [0.1, 0.15) is 46.0 Å². The summed E-state index contributed by atoms with van der Waals surface area (Å²) in [5.74, 6) is -3.45. The first kappa shape index (κ1) is 27.7. The molecule has 1 fully saturated rings. The van der Waals surface area contributed by atoms with Crippen molar-refractivity contribution in [3.8, 4) is 0 Å². The minimum absolute atomic E-state index is 0.189. The van der Waals surface area contributed by atoms with Gasteiger partial charge in [0.15, 0.2) is 0 Å². The predicted octanol–water partition coefficient (Wildman–Crippen LogP) is -1.05. The Morgan fingerprint density at radius 3 is 2.28 bits per heavy atom. The molecular formula is C20H35N5O6S. The molecule has 1 aliphatic rings. The van der Waals surface area contributed by atoms with Crippen LogP contribution >= 0.6 is 11.8 Å². The van der Waals surface area contributed by atoms with Crippen molar-refractivity contribution in [2.75, 3.05) is 18.6 Å². The largest absolute Gasteiger partial charge is 0.480 e. The van der Waals surface area contributed by atoms with E-state index < -0.39 is 48.2 Å². The topological polar surface area (TPSA) is 180 Å². The Hall–Kier alpha value is -2.34. The summed E-state index contributed by atoms with van der Waals surface area (Å²) in [6.07, 6.45) is 3.71. The molecule has 5 atom stereocenters. The maximum atomic E-state index is 13.0. The molecule has 0 aliphatic carbocycles. The van der Waals surface area contributed by atoms with E-state index in [0.29, 0.717) is 18.6 Å². The summed E-state index contributed by atoms with van der Waals surface area (Å²) in [6, 6.07) is -3.72. The van der Waals surface area contributed by atoms with Crippen LogP contribution in [0, 0.1) is 5.92 Å². The minimum atomic E-state index is -1.49. The maximum Gasteiger partial charge on any atom is 0.326 e. The molecule has 4 amide bonds. The lowest BCUT2D eigenvalue weighted by atomic mass is 9.97. The number of hydrogen-bond acceptors (Lipinski definition) is 7. The smallest absolute Gasteiger partial charge is 0.326 e. The monoisotopic (exact) mass is 473 g/mol. The van der Waals surface area contributed by atoms with Gasteiger partial charge in [-0.1, -0.05) is 20.3 Å². The van der Waals surface area contributed by atoms with Gasteiger partial charge in [0.1, 0.15) is 18.1 Å². The molecule has 1 saturated heterocycles. The van der Waals surface area contributed by atoms with Gasteiger partial charge in [0.05, 0.1) is 12.5 Å². The molecule has 11 nitrogen and oxygen atoms in total. The second-order valence-corrected chi connectivity index (χ2v) is 8.92. The number of primary amides is 1. The van der Waals surface area contributed by atoms with Crippen LogP contribution in [0.15, 0.2) is 0 Å². The number of aliphatic carboxylic acids is 1. The van der Waals surface area contributed by atoms with Crippen molar-refractivity contribution in [2.45, 2.75) is 70.1 Å². The summed E-state index contributed by atoms with van der Waals surface area (Å²) in [4.78, 5) is 60.8. The van der Waals surface area contributed by atoms with Gasteiger partial charge in [-0.25, -0.2) is 4.79 Å². The van der Waals surface area contributed by atoms with Crippen molar-refractivity contribution in [1.29, 1.82) is 0 Å². The SMILES string of the molecule is CCC(C)C(NC(=O)C1CCCN1)C(=O)NC(CCSC)C(=O)NC(CC(N)=O)C(=O)O. The van der Waals surface area contributed by atoms with E-state index in [1.807, 2.05) is 20.1 Å². The molecule has 5 unspecified atom stereocenters. The zero-order chi connectivity index (χ0) is 24.3. The van der Waals surface area contributed by atoms with Crippen LogP contribution in [0.3, 0.4) is 0 Å². The summed E-state index contributed by atoms with van der Waals surface area (Å²) in [5, 5.41) is 20.0. The number of carboxylic acids is 1. The highest BCUT2D eigenvalue weighted by Gasteiger charge is 2.33. The van der Waals surface area contributed by atoms with Gasteiger partial charge in [0.25, 0.3) is 0 Å². The molecule has 0 aromatic carbocycles. The summed E-state index contributed by atoms with van der Waals surface area (Å²) in [7, 11) is 0. The quantitative estimate of drug-likeness (QED) is 0.185. The average Bonchev–Trinajstić information content (AvgIpc) is 3.28. The molecule has 7 N–H and O–H groups in total. The van der Waals surface area contributed by atoms with Crippen LogP contribution in [0.2, 0.25) is 0 Å². The molecule has 0 aromatic rings. The molecule has 182 valence electrons. The number of nitrogens with two attached hydrogens (primary N) is 1. The van der Waals surface area contributed by atoms with Gasteiger partial charge in [-0.05, 0) is 43.7 Å². The number of thioether (sulfide) groups is 1. The number of rotatable bonds is 14.